The van der Waals surface area contributed by atoms with Gasteiger partial charge < -0.3 is 0 Å². The third kappa shape index (κ3) is 16.2. The average Bonchev–Trinajstić information content (AvgIpc) is 2.11. The van der Waals surface area contributed by atoms with Crippen LogP contribution < -0.4 is 0 Å². The number of hydrogen-bond donors (Lipinski definition) is 0. The third-order valence-corrected chi connectivity index (χ3v) is 2.39. The van der Waals surface area contributed by atoms with Gasteiger partial charge in [0.2, 0.25) is 0 Å². The standard InChI is InChI=1S/C9H17F3.C4H10/c1-4-5-6-8(2,3)7-9(10,11)12;1-3-4-2/h4-7H2,1-3H3;3-4H2,1-2H3. The fraction of sp³-hybridized carbons (Fsp3) is 1.00. The Bertz CT molecular complexity index is 146. The molecule has 0 aliphatic heterocycles. The second-order valence-corrected chi connectivity index (χ2v) is 5.06. The molecular weight excluding hydrogens is 213 g/mol. The highest BCUT2D eigenvalue weighted by Crippen LogP contribution is 2.36. The van der Waals surface area contributed by atoms with Crippen molar-refractivity contribution in [1.29, 1.82) is 0 Å². The lowest BCUT2D eigenvalue weighted by Gasteiger charge is -2.25. The van der Waals surface area contributed by atoms with E-state index in [2.05, 4.69) is 13.8 Å². The summed E-state index contributed by atoms with van der Waals surface area (Å²) in [5.74, 6) is 0. The summed E-state index contributed by atoms with van der Waals surface area (Å²) in [5.41, 5.74) is -0.589. The van der Waals surface area contributed by atoms with Gasteiger partial charge in [-0.2, -0.15) is 13.2 Å². The molecule has 16 heavy (non-hydrogen) atoms. The molecule has 0 aliphatic rings. The molecular formula is C13H27F3. The van der Waals surface area contributed by atoms with Crippen LogP contribution in [0.1, 0.15) is 73.1 Å². The first kappa shape index (κ1) is 18.2. The van der Waals surface area contributed by atoms with E-state index in [1.807, 2.05) is 6.92 Å². The van der Waals surface area contributed by atoms with Crippen LogP contribution in [0.25, 0.3) is 0 Å². The van der Waals surface area contributed by atoms with Gasteiger partial charge in [0.15, 0.2) is 0 Å². The highest BCUT2D eigenvalue weighted by molar-refractivity contribution is 4.72. The van der Waals surface area contributed by atoms with E-state index in [4.69, 9.17) is 0 Å². The quantitative estimate of drug-likeness (QED) is 0.556. The minimum Gasteiger partial charge on any atom is -0.171 e. The first-order valence-corrected chi connectivity index (χ1v) is 6.25. The zero-order valence-corrected chi connectivity index (χ0v) is 11.4. The minimum atomic E-state index is -4.02. The van der Waals surface area contributed by atoms with Gasteiger partial charge in [-0.05, 0) is 11.8 Å². The van der Waals surface area contributed by atoms with E-state index >= 15 is 0 Å². The molecule has 0 saturated carbocycles. The lowest BCUT2D eigenvalue weighted by Crippen LogP contribution is -2.22. The molecule has 0 aromatic carbocycles. The van der Waals surface area contributed by atoms with Gasteiger partial charge in [0.1, 0.15) is 0 Å². The molecule has 0 spiro atoms. The molecule has 0 atom stereocenters. The summed E-state index contributed by atoms with van der Waals surface area (Å²) in [6.07, 6.45) is 0.449. The summed E-state index contributed by atoms with van der Waals surface area (Å²) >= 11 is 0. The molecule has 0 fully saturated rings. The molecule has 0 saturated heterocycles. The molecule has 0 aromatic rings. The summed E-state index contributed by atoms with van der Waals surface area (Å²) in [5, 5.41) is 0. The monoisotopic (exact) mass is 240 g/mol. The van der Waals surface area contributed by atoms with E-state index in [0.29, 0.717) is 6.42 Å². The van der Waals surface area contributed by atoms with Crippen LogP contribution in [0.15, 0.2) is 0 Å². The maximum absolute atomic E-state index is 12.0. The summed E-state index contributed by atoms with van der Waals surface area (Å²) in [6, 6.07) is 0. The highest BCUT2D eigenvalue weighted by atomic mass is 19.4. The van der Waals surface area contributed by atoms with E-state index < -0.39 is 18.0 Å². The zero-order chi connectivity index (χ0) is 13.2. The lowest BCUT2D eigenvalue weighted by atomic mass is 9.84. The van der Waals surface area contributed by atoms with Gasteiger partial charge in [0.25, 0.3) is 0 Å². The van der Waals surface area contributed by atoms with E-state index in [0.717, 1.165) is 12.8 Å². The third-order valence-electron chi connectivity index (χ3n) is 2.39. The van der Waals surface area contributed by atoms with Crippen LogP contribution in [0.4, 0.5) is 13.2 Å². The Kier molecular flexibility index (Phi) is 10.1. The van der Waals surface area contributed by atoms with E-state index in [1.54, 1.807) is 13.8 Å². The topological polar surface area (TPSA) is 0 Å². The Morgan fingerprint density at radius 3 is 1.50 bits per heavy atom. The smallest absolute Gasteiger partial charge is 0.171 e. The summed E-state index contributed by atoms with van der Waals surface area (Å²) in [6.45, 7) is 9.70. The zero-order valence-electron chi connectivity index (χ0n) is 11.4. The van der Waals surface area contributed by atoms with E-state index in [1.165, 1.54) is 12.8 Å². The van der Waals surface area contributed by atoms with Crippen molar-refractivity contribution in [1.82, 2.24) is 0 Å². The highest BCUT2D eigenvalue weighted by Gasteiger charge is 2.35. The van der Waals surface area contributed by atoms with Crippen molar-refractivity contribution in [3.05, 3.63) is 0 Å². The van der Waals surface area contributed by atoms with Crippen molar-refractivity contribution < 1.29 is 13.2 Å². The van der Waals surface area contributed by atoms with Crippen LogP contribution >= 0.6 is 0 Å². The molecule has 0 radical (unpaired) electrons. The number of alkyl halides is 3. The van der Waals surface area contributed by atoms with Crippen molar-refractivity contribution in [3.63, 3.8) is 0 Å². The van der Waals surface area contributed by atoms with Crippen molar-refractivity contribution in [2.45, 2.75) is 79.3 Å². The van der Waals surface area contributed by atoms with Crippen LogP contribution in [0, 0.1) is 5.41 Å². The van der Waals surface area contributed by atoms with Crippen LogP contribution in [0.2, 0.25) is 0 Å². The largest absolute Gasteiger partial charge is 0.389 e. The van der Waals surface area contributed by atoms with Crippen LogP contribution in [0.5, 0.6) is 0 Å². The van der Waals surface area contributed by atoms with Crippen LogP contribution in [0.3, 0.4) is 0 Å². The molecule has 3 heteroatoms. The molecule has 0 heterocycles. The van der Waals surface area contributed by atoms with Gasteiger partial charge in [-0.1, -0.05) is 60.3 Å². The fourth-order valence-corrected chi connectivity index (χ4v) is 1.29. The lowest BCUT2D eigenvalue weighted by molar-refractivity contribution is -0.155. The van der Waals surface area contributed by atoms with E-state index in [-0.39, 0.29) is 0 Å². The maximum Gasteiger partial charge on any atom is 0.389 e. The predicted molar refractivity (Wildman–Crippen MR) is 64.6 cm³/mol. The van der Waals surface area contributed by atoms with Gasteiger partial charge >= 0.3 is 6.18 Å². The maximum atomic E-state index is 12.0. The molecule has 100 valence electrons. The first-order valence-electron chi connectivity index (χ1n) is 6.25. The Hall–Kier alpha value is -0.210. The number of halogens is 3. The molecule has 0 nitrogen and oxygen atoms in total. The van der Waals surface area contributed by atoms with Crippen LogP contribution in [-0.4, -0.2) is 6.18 Å². The number of rotatable bonds is 5. The summed E-state index contributed by atoms with van der Waals surface area (Å²) < 4.78 is 35.9. The van der Waals surface area contributed by atoms with Gasteiger partial charge in [-0.3, -0.25) is 0 Å². The van der Waals surface area contributed by atoms with Crippen LogP contribution in [-0.2, 0) is 0 Å². The molecule has 0 amide bonds. The van der Waals surface area contributed by atoms with Crippen molar-refractivity contribution in [3.8, 4) is 0 Å². The second-order valence-electron chi connectivity index (χ2n) is 5.06. The number of unbranched alkanes of at least 4 members (excludes halogenated alkanes) is 2. The molecule has 0 aromatic heterocycles. The molecule has 0 bridgehead atoms. The second kappa shape index (κ2) is 8.89. The van der Waals surface area contributed by atoms with Gasteiger partial charge in [-0.15, -0.1) is 0 Å². The van der Waals surface area contributed by atoms with Crippen molar-refractivity contribution >= 4 is 0 Å². The Balaban J connectivity index is 0. The number of hydrogen-bond acceptors (Lipinski definition) is 0. The van der Waals surface area contributed by atoms with Gasteiger partial charge in [0.05, 0.1) is 0 Å². The summed E-state index contributed by atoms with van der Waals surface area (Å²) in [4.78, 5) is 0. The summed E-state index contributed by atoms with van der Waals surface area (Å²) in [7, 11) is 0. The predicted octanol–water partition coefficient (Wildman–Crippen LogP) is 5.96. The van der Waals surface area contributed by atoms with Gasteiger partial charge in [-0.25, -0.2) is 0 Å². The Morgan fingerprint density at radius 1 is 0.812 bits per heavy atom. The molecule has 0 unspecified atom stereocenters. The fourth-order valence-electron chi connectivity index (χ4n) is 1.29. The van der Waals surface area contributed by atoms with E-state index in [9.17, 15) is 13.2 Å². The Morgan fingerprint density at radius 2 is 1.25 bits per heavy atom. The first-order chi connectivity index (χ1) is 7.18. The normalized spacial score (nSPS) is 12.0. The average molecular weight is 240 g/mol. The van der Waals surface area contributed by atoms with Crippen molar-refractivity contribution in [2.24, 2.45) is 5.41 Å². The van der Waals surface area contributed by atoms with Crippen molar-refractivity contribution in [2.75, 3.05) is 0 Å². The SMILES string of the molecule is CCCC.CCCCC(C)(C)CC(F)(F)F. The molecule has 0 rings (SSSR count). The molecule has 0 aliphatic carbocycles. The molecule has 0 N–H and O–H groups in total. The van der Waals surface area contributed by atoms with Gasteiger partial charge in [0, 0.05) is 6.42 Å². The minimum absolute atomic E-state index is 0.589. The Labute approximate surface area is 98.6 Å².